The molecule has 1 rings (SSSR count). The van der Waals surface area contributed by atoms with E-state index in [-0.39, 0.29) is 19.8 Å². The zero-order valence-electron chi connectivity index (χ0n) is 15.9. The van der Waals surface area contributed by atoms with Crippen LogP contribution in [0.4, 0.5) is 5.69 Å². The number of sulfone groups is 1. The normalized spacial score (nSPS) is 12.1. The molecule has 0 heterocycles. The van der Waals surface area contributed by atoms with Crippen molar-refractivity contribution in [3.05, 3.63) is 29.8 Å². The third-order valence-electron chi connectivity index (χ3n) is 3.73. The van der Waals surface area contributed by atoms with Crippen LogP contribution in [0.5, 0.6) is 0 Å². The van der Waals surface area contributed by atoms with Gasteiger partial charge in [0.15, 0.2) is 15.1 Å². The monoisotopic (exact) mass is 399 g/mol. The Bertz CT molecular complexity index is 771. The summed E-state index contributed by atoms with van der Waals surface area (Å²) >= 11 is 0. The number of carbonyl (C=O) groups excluding carboxylic acids is 3. The van der Waals surface area contributed by atoms with Gasteiger partial charge in [0.2, 0.25) is 5.91 Å². The number of benzene rings is 1. The van der Waals surface area contributed by atoms with E-state index >= 15 is 0 Å². The zero-order valence-corrected chi connectivity index (χ0v) is 16.7. The van der Waals surface area contributed by atoms with E-state index < -0.39 is 39.4 Å². The second-order valence-corrected chi connectivity index (χ2v) is 7.91. The molecule has 27 heavy (non-hydrogen) atoms. The fourth-order valence-corrected chi connectivity index (χ4v) is 3.27. The number of hydrogen-bond acceptors (Lipinski definition) is 7. The molecule has 0 N–H and O–H groups in total. The number of anilines is 1. The molecule has 0 saturated heterocycles. The van der Waals surface area contributed by atoms with Crippen LogP contribution in [0.1, 0.15) is 37.6 Å². The first kappa shape index (κ1) is 22.6. The predicted octanol–water partition coefficient (Wildman–Crippen LogP) is 1.58. The quantitative estimate of drug-likeness (QED) is 0.580. The van der Waals surface area contributed by atoms with Crippen LogP contribution >= 0.6 is 0 Å². The smallest absolute Gasteiger partial charge is 0.338 e. The standard InChI is InChI=1S/C18H25NO7S/c1-5-19(14-10-8-13(9-11-14)17(21)25-6-2)16(20)12-15(27(4,23)24)18(22)26-7-3/h8-11,15H,5-7,12H2,1-4H3. The van der Waals surface area contributed by atoms with E-state index in [1.807, 2.05) is 0 Å². The van der Waals surface area contributed by atoms with Gasteiger partial charge in [-0.2, -0.15) is 0 Å². The fraction of sp³-hybridized carbons (Fsp3) is 0.500. The molecule has 0 aliphatic heterocycles. The van der Waals surface area contributed by atoms with E-state index in [1.165, 1.54) is 17.0 Å². The SMILES string of the molecule is CCOC(=O)c1ccc(N(CC)C(=O)CC(C(=O)OCC)S(C)(=O)=O)cc1. The van der Waals surface area contributed by atoms with Crippen LogP contribution < -0.4 is 4.90 Å². The van der Waals surface area contributed by atoms with Gasteiger partial charge >= 0.3 is 11.9 Å². The van der Waals surface area contributed by atoms with Crippen LogP contribution in [-0.2, 0) is 28.9 Å². The molecular weight excluding hydrogens is 374 g/mol. The molecule has 0 fully saturated rings. The van der Waals surface area contributed by atoms with Crippen molar-refractivity contribution in [3.8, 4) is 0 Å². The first-order chi connectivity index (χ1) is 12.6. The number of ether oxygens (including phenoxy) is 2. The number of carbonyl (C=O) groups is 3. The van der Waals surface area contributed by atoms with Gasteiger partial charge in [-0.15, -0.1) is 0 Å². The largest absolute Gasteiger partial charge is 0.465 e. The highest BCUT2D eigenvalue weighted by atomic mass is 32.2. The fourth-order valence-electron chi connectivity index (χ4n) is 2.41. The van der Waals surface area contributed by atoms with E-state index in [9.17, 15) is 22.8 Å². The lowest BCUT2D eigenvalue weighted by Gasteiger charge is -2.23. The highest BCUT2D eigenvalue weighted by Gasteiger charge is 2.34. The summed E-state index contributed by atoms with van der Waals surface area (Å²) in [5.74, 6) is -1.95. The molecule has 1 unspecified atom stereocenters. The molecule has 8 nitrogen and oxygen atoms in total. The lowest BCUT2D eigenvalue weighted by Crippen LogP contribution is -2.39. The molecule has 1 aromatic rings. The third-order valence-corrected chi connectivity index (χ3v) is 5.13. The summed E-state index contributed by atoms with van der Waals surface area (Å²) in [5.41, 5.74) is 0.816. The van der Waals surface area contributed by atoms with Crippen LogP contribution in [0.25, 0.3) is 0 Å². The summed E-state index contributed by atoms with van der Waals surface area (Å²) in [7, 11) is -3.81. The van der Waals surface area contributed by atoms with Crippen LogP contribution in [0.15, 0.2) is 24.3 Å². The Morgan fingerprint density at radius 3 is 2.00 bits per heavy atom. The summed E-state index contributed by atoms with van der Waals surface area (Å²) in [6.45, 7) is 5.51. The van der Waals surface area contributed by atoms with Crippen molar-refractivity contribution in [2.75, 3.05) is 30.9 Å². The van der Waals surface area contributed by atoms with Gasteiger partial charge in [-0.3, -0.25) is 9.59 Å². The highest BCUT2D eigenvalue weighted by Crippen LogP contribution is 2.19. The van der Waals surface area contributed by atoms with E-state index in [1.54, 1.807) is 32.9 Å². The van der Waals surface area contributed by atoms with Gasteiger partial charge < -0.3 is 14.4 Å². The maximum atomic E-state index is 12.6. The Balaban J connectivity index is 3.01. The summed E-state index contributed by atoms with van der Waals surface area (Å²) < 4.78 is 33.5. The highest BCUT2D eigenvalue weighted by molar-refractivity contribution is 7.92. The molecular formula is C18H25NO7S. The first-order valence-electron chi connectivity index (χ1n) is 8.58. The Hall–Kier alpha value is -2.42. The molecule has 0 aromatic heterocycles. The molecule has 0 aliphatic rings. The Morgan fingerprint density at radius 2 is 1.56 bits per heavy atom. The van der Waals surface area contributed by atoms with Gasteiger partial charge in [-0.1, -0.05) is 0 Å². The molecule has 0 radical (unpaired) electrons. The van der Waals surface area contributed by atoms with Gasteiger partial charge in [0.25, 0.3) is 0 Å². The van der Waals surface area contributed by atoms with Gasteiger partial charge in [0.05, 0.1) is 25.2 Å². The van der Waals surface area contributed by atoms with Crippen molar-refractivity contribution in [2.24, 2.45) is 0 Å². The number of esters is 2. The summed E-state index contributed by atoms with van der Waals surface area (Å²) in [5, 5.41) is -1.56. The maximum Gasteiger partial charge on any atom is 0.338 e. The minimum atomic E-state index is -3.81. The van der Waals surface area contributed by atoms with Crippen molar-refractivity contribution in [2.45, 2.75) is 32.4 Å². The van der Waals surface area contributed by atoms with E-state index in [0.29, 0.717) is 11.3 Å². The third kappa shape index (κ3) is 6.35. The lowest BCUT2D eigenvalue weighted by atomic mass is 10.1. The average Bonchev–Trinajstić information content (AvgIpc) is 2.60. The Kier molecular flexibility index (Phi) is 8.42. The van der Waals surface area contributed by atoms with Crippen molar-refractivity contribution in [1.82, 2.24) is 0 Å². The maximum absolute atomic E-state index is 12.6. The topological polar surface area (TPSA) is 107 Å². The summed E-state index contributed by atoms with van der Waals surface area (Å²) in [6.07, 6.45) is 0.372. The van der Waals surface area contributed by atoms with E-state index in [4.69, 9.17) is 9.47 Å². The van der Waals surface area contributed by atoms with Crippen LogP contribution in [-0.4, -0.2) is 57.5 Å². The number of nitrogens with zero attached hydrogens (tertiary/aromatic N) is 1. The first-order valence-corrected chi connectivity index (χ1v) is 10.5. The van der Waals surface area contributed by atoms with Crippen molar-refractivity contribution < 1.29 is 32.3 Å². The average molecular weight is 399 g/mol. The number of rotatable bonds is 9. The van der Waals surface area contributed by atoms with Gasteiger partial charge in [-0.25, -0.2) is 13.2 Å². The predicted molar refractivity (Wildman–Crippen MR) is 100 cm³/mol. The van der Waals surface area contributed by atoms with Crippen LogP contribution in [0.2, 0.25) is 0 Å². The molecule has 9 heteroatoms. The lowest BCUT2D eigenvalue weighted by molar-refractivity contribution is -0.143. The molecule has 0 bridgehead atoms. The van der Waals surface area contributed by atoms with Crippen LogP contribution in [0.3, 0.4) is 0 Å². The minimum absolute atomic E-state index is 0.0197. The van der Waals surface area contributed by atoms with Gasteiger partial charge in [0, 0.05) is 18.5 Å². The van der Waals surface area contributed by atoms with Crippen molar-refractivity contribution in [3.63, 3.8) is 0 Å². The Morgan fingerprint density at radius 1 is 1.00 bits per heavy atom. The molecule has 1 atom stereocenters. The van der Waals surface area contributed by atoms with Gasteiger partial charge in [0.1, 0.15) is 0 Å². The number of amides is 1. The zero-order chi connectivity index (χ0) is 20.6. The molecule has 1 aromatic carbocycles. The summed E-state index contributed by atoms with van der Waals surface area (Å²) in [4.78, 5) is 37.6. The Labute approximate surface area is 159 Å². The molecule has 0 aliphatic carbocycles. The molecule has 0 saturated carbocycles. The van der Waals surface area contributed by atoms with Crippen LogP contribution in [0, 0.1) is 0 Å². The molecule has 150 valence electrons. The molecule has 0 spiro atoms. The van der Waals surface area contributed by atoms with Crippen molar-refractivity contribution >= 4 is 33.4 Å². The van der Waals surface area contributed by atoms with Gasteiger partial charge in [-0.05, 0) is 45.0 Å². The second kappa shape index (κ2) is 10.1. The molecule has 1 amide bonds. The minimum Gasteiger partial charge on any atom is -0.465 e. The summed E-state index contributed by atoms with van der Waals surface area (Å²) in [6, 6.07) is 6.16. The van der Waals surface area contributed by atoms with E-state index in [0.717, 1.165) is 6.26 Å². The van der Waals surface area contributed by atoms with Crippen molar-refractivity contribution in [1.29, 1.82) is 0 Å². The number of hydrogen-bond donors (Lipinski definition) is 0. The van der Waals surface area contributed by atoms with E-state index in [2.05, 4.69) is 0 Å². The second-order valence-electron chi connectivity index (χ2n) is 5.68.